The lowest BCUT2D eigenvalue weighted by molar-refractivity contribution is -0.235. The summed E-state index contributed by atoms with van der Waals surface area (Å²) in [5.74, 6) is -0.0495. The summed E-state index contributed by atoms with van der Waals surface area (Å²) in [6, 6.07) is 3.83. The predicted molar refractivity (Wildman–Crippen MR) is 224 cm³/mol. The number of allylic oxidation sites excluding steroid dienone is 1. The summed E-state index contributed by atoms with van der Waals surface area (Å²) < 4.78 is 6.19. The second kappa shape index (κ2) is 15.6. The standard InChI is InChI=1S/C47H72ClN3O6/c1-29(2)39-33(52)24-47(36(53)28-51(23-22-50(10)11)27-31-13-12-30(48)26-49-31)21-20-45(8)32(40(39)47)14-15-35-44(7)18-17-37(57-38(54)25-42(3,4)41(55)56)43(5,6)34(44)16-19-46(35,45)9/h12-13,26,29,32,34-37,53H,14-25,27-28H2,1-11H3,(H,55,56)/t32-,34+,35-,36?,37+,44+,45-,46-,47?/m1/s1. The molecule has 0 amide bonds. The van der Waals surface area contributed by atoms with Gasteiger partial charge < -0.3 is 19.8 Å². The van der Waals surface area contributed by atoms with Crippen LogP contribution in [0.3, 0.4) is 0 Å². The molecule has 10 heteroatoms. The number of pyridine rings is 1. The number of aliphatic hydroxyl groups excluding tert-OH is 1. The number of carboxylic acid groups (broad SMARTS) is 1. The number of Topliss-reactive ketones (excluding diaryl/α,β-unsaturated/α-hetero) is 1. The number of hydrogen-bond donors (Lipinski definition) is 2. The van der Waals surface area contributed by atoms with Crippen molar-refractivity contribution in [3.63, 3.8) is 0 Å². The fraction of sp³-hybridized carbons (Fsp3) is 0.787. The highest BCUT2D eigenvalue weighted by atomic mass is 35.5. The number of hydrogen-bond acceptors (Lipinski definition) is 8. The zero-order valence-electron chi connectivity index (χ0n) is 36.8. The minimum Gasteiger partial charge on any atom is -0.481 e. The van der Waals surface area contributed by atoms with E-state index in [9.17, 15) is 24.6 Å². The summed E-state index contributed by atoms with van der Waals surface area (Å²) in [5, 5.41) is 22.9. The molecule has 0 aliphatic heterocycles. The number of fused-ring (bicyclic) bond motifs is 7. The predicted octanol–water partition coefficient (Wildman–Crippen LogP) is 8.85. The van der Waals surface area contributed by atoms with Crippen LogP contribution in [-0.2, 0) is 25.7 Å². The van der Waals surface area contributed by atoms with Crippen molar-refractivity contribution in [3.8, 4) is 0 Å². The van der Waals surface area contributed by atoms with Gasteiger partial charge >= 0.3 is 11.9 Å². The maximum atomic E-state index is 14.3. The summed E-state index contributed by atoms with van der Waals surface area (Å²) in [7, 11) is 4.14. The van der Waals surface area contributed by atoms with E-state index in [0.29, 0.717) is 36.4 Å². The number of carbonyl (C=O) groups is 3. The molecule has 6 rings (SSSR count). The van der Waals surface area contributed by atoms with Crippen molar-refractivity contribution in [2.24, 2.45) is 56.2 Å². The van der Waals surface area contributed by atoms with E-state index in [1.807, 2.05) is 12.1 Å². The summed E-state index contributed by atoms with van der Waals surface area (Å²) >= 11 is 6.18. The van der Waals surface area contributed by atoms with Crippen LogP contribution in [0.25, 0.3) is 0 Å². The number of esters is 1. The summed E-state index contributed by atoms with van der Waals surface area (Å²) in [5.41, 5.74) is 1.21. The highest BCUT2D eigenvalue weighted by Gasteiger charge is 2.71. The third-order valence-corrected chi connectivity index (χ3v) is 17.2. The average Bonchev–Trinajstić information content (AvgIpc) is 3.42. The first-order chi connectivity index (χ1) is 26.4. The number of ether oxygens (including phenoxy) is 1. The van der Waals surface area contributed by atoms with Crippen molar-refractivity contribution < 1.29 is 29.3 Å². The molecule has 9 nitrogen and oxygen atoms in total. The number of carbonyl (C=O) groups excluding carboxylic acids is 2. The zero-order valence-corrected chi connectivity index (χ0v) is 37.6. The number of likely N-dealkylation sites (N-methyl/N-ethyl adjacent to an activating group) is 1. The van der Waals surface area contributed by atoms with Crippen molar-refractivity contribution in [2.75, 3.05) is 33.7 Å². The van der Waals surface area contributed by atoms with Crippen LogP contribution in [0.4, 0.5) is 0 Å². The molecule has 4 fully saturated rings. The van der Waals surface area contributed by atoms with Crippen LogP contribution in [-0.4, -0.2) is 88.7 Å². The monoisotopic (exact) mass is 810 g/mol. The fourth-order valence-electron chi connectivity index (χ4n) is 13.6. The summed E-state index contributed by atoms with van der Waals surface area (Å²) in [6.45, 7) is 22.3. The molecule has 4 saturated carbocycles. The first-order valence-corrected chi connectivity index (χ1v) is 22.2. The molecule has 57 heavy (non-hydrogen) atoms. The Morgan fingerprint density at radius 3 is 2.28 bits per heavy atom. The molecule has 5 aliphatic rings. The normalized spacial score (nSPS) is 35.5. The zero-order chi connectivity index (χ0) is 42.1. The molecule has 2 N–H and O–H groups in total. The number of aliphatic carboxylic acids is 1. The van der Waals surface area contributed by atoms with Crippen molar-refractivity contribution in [1.29, 1.82) is 0 Å². The van der Waals surface area contributed by atoms with Gasteiger partial charge in [-0.2, -0.15) is 0 Å². The van der Waals surface area contributed by atoms with Crippen molar-refractivity contribution in [2.45, 2.75) is 145 Å². The maximum Gasteiger partial charge on any atom is 0.309 e. The van der Waals surface area contributed by atoms with Gasteiger partial charge in [0.05, 0.1) is 28.7 Å². The molecule has 0 spiro atoms. The van der Waals surface area contributed by atoms with Gasteiger partial charge in [-0.3, -0.25) is 24.3 Å². The molecule has 2 unspecified atom stereocenters. The smallest absolute Gasteiger partial charge is 0.309 e. The van der Waals surface area contributed by atoms with E-state index in [4.69, 9.17) is 16.3 Å². The Bertz CT molecular complexity index is 1740. The number of nitrogens with zero attached hydrogens (tertiary/aromatic N) is 3. The van der Waals surface area contributed by atoms with E-state index in [0.717, 1.165) is 75.7 Å². The van der Waals surface area contributed by atoms with Gasteiger partial charge in [-0.25, -0.2) is 0 Å². The molecule has 0 bridgehead atoms. The SMILES string of the molecule is CC(C)C1=C2[C@H]3CC[C@@H]4[C@@]5(C)CC[C@H](OC(=O)CC(C)(C)C(=O)O)C(C)(C)[C@@H]5CC[C@@]4(C)[C@]3(C)CCC2(C(O)CN(CCN(C)C)Cc2ccc(Cl)cn2)CC1=O. The van der Waals surface area contributed by atoms with E-state index in [1.165, 1.54) is 5.57 Å². The Hall–Kier alpha value is -2.33. The lowest BCUT2D eigenvalue weighted by Gasteiger charge is -2.72. The fourth-order valence-corrected chi connectivity index (χ4v) is 13.7. The molecular formula is C47H72ClN3O6. The van der Waals surface area contributed by atoms with Gasteiger partial charge in [0.15, 0.2) is 5.78 Å². The molecule has 1 aromatic heterocycles. The molecule has 1 aromatic rings. The van der Waals surface area contributed by atoms with Crippen LogP contribution in [0, 0.1) is 56.2 Å². The maximum absolute atomic E-state index is 14.3. The van der Waals surface area contributed by atoms with Gasteiger partial charge in [0.25, 0.3) is 0 Å². The van der Waals surface area contributed by atoms with Crippen LogP contribution >= 0.6 is 11.6 Å². The van der Waals surface area contributed by atoms with Crippen LogP contribution in [0.2, 0.25) is 5.02 Å². The number of carboxylic acids is 1. The van der Waals surface area contributed by atoms with Gasteiger partial charge in [-0.1, -0.05) is 65.6 Å². The van der Waals surface area contributed by atoms with E-state index >= 15 is 0 Å². The second-order valence-electron chi connectivity index (χ2n) is 21.6. The lowest BCUT2D eigenvalue weighted by Crippen LogP contribution is -2.66. The van der Waals surface area contributed by atoms with E-state index in [1.54, 1.807) is 20.0 Å². The minimum atomic E-state index is -1.17. The molecule has 1 heterocycles. The first kappa shape index (κ1) is 44.2. The Kier molecular flexibility index (Phi) is 12.1. The molecule has 0 aromatic carbocycles. The molecule has 9 atom stereocenters. The van der Waals surface area contributed by atoms with Crippen LogP contribution < -0.4 is 0 Å². The van der Waals surface area contributed by atoms with Crippen molar-refractivity contribution in [3.05, 3.63) is 40.2 Å². The third kappa shape index (κ3) is 7.56. The Morgan fingerprint density at radius 2 is 1.67 bits per heavy atom. The van der Waals surface area contributed by atoms with Gasteiger partial charge in [0.1, 0.15) is 6.10 Å². The second-order valence-corrected chi connectivity index (χ2v) is 22.0. The Labute approximate surface area is 347 Å². The van der Waals surface area contributed by atoms with Crippen molar-refractivity contribution >= 4 is 29.3 Å². The quantitative estimate of drug-likeness (QED) is 0.188. The summed E-state index contributed by atoms with van der Waals surface area (Å²) in [4.78, 5) is 48.3. The minimum absolute atomic E-state index is 0.0299. The molecule has 0 saturated heterocycles. The number of rotatable bonds is 13. The van der Waals surface area contributed by atoms with Gasteiger partial charge in [0, 0.05) is 49.6 Å². The largest absolute Gasteiger partial charge is 0.481 e. The lowest BCUT2D eigenvalue weighted by atomic mass is 9.33. The first-order valence-electron chi connectivity index (χ1n) is 21.8. The topological polar surface area (TPSA) is 120 Å². The molecule has 5 aliphatic carbocycles. The molecule has 318 valence electrons. The van der Waals surface area contributed by atoms with Crippen LogP contribution in [0.5, 0.6) is 0 Å². The van der Waals surface area contributed by atoms with Gasteiger partial charge in [-0.05, 0) is 137 Å². The number of halogens is 1. The van der Waals surface area contributed by atoms with Crippen molar-refractivity contribution in [1.82, 2.24) is 14.8 Å². The number of aromatic nitrogens is 1. The van der Waals surface area contributed by atoms with Gasteiger partial charge in [0.2, 0.25) is 0 Å². The molecular weight excluding hydrogens is 738 g/mol. The average molecular weight is 811 g/mol. The van der Waals surface area contributed by atoms with E-state index in [2.05, 4.69) is 77.3 Å². The van der Waals surface area contributed by atoms with Crippen LogP contribution in [0.15, 0.2) is 29.5 Å². The summed E-state index contributed by atoms with van der Waals surface area (Å²) in [6.07, 6.45) is 8.70. The van der Waals surface area contributed by atoms with Crippen LogP contribution in [0.1, 0.15) is 132 Å². The highest BCUT2D eigenvalue weighted by molar-refractivity contribution is 6.30. The molecule has 0 radical (unpaired) electrons. The number of aliphatic hydroxyl groups is 1. The van der Waals surface area contributed by atoms with E-state index in [-0.39, 0.29) is 51.8 Å². The van der Waals surface area contributed by atoms with Gasteiger partial charge in [-0.15, -0.1) is 0 Å². The van der Waals surface area contributed by atoms with E-state index < -0.39 is 28.9 Å². The Morgan fingerprint density at radius 1 is 0.965 bits per heavy atom. The Balaban J connectivity index is 1.29. The third-order valence-electron chi connectivity index (χ3n) is 17.0. The highest BCUT2D eigenvalue weighted by Crippen LogP contribution is 2.77. The number of ketones is 1.